The molecule has 0 aromatic carbocycles. The summed E-state index contributed by atoms with van der Waals surface area (Å²) in [7, 11) is 0. The number of anilines is 2. The van der Waals surface area contributed by atoms with Crippen LogP contribution in [0, 0.1) is 0 Å². The van der Waals surface area contributed by atoms with E-state index in [9.17, 15) is 0 Å². The van der Waals surface area contributed by atoms with Gasteiger partial charge in [-0.2, -0.15) is 15.0 Å². The van der Waals surface area contributed by atoms with E-state index >= 15 is 0 Å². The van der Waals surface area contributed by atoms with Crippen LogP contribution in [0.2, 0.25) is 0 Å². The lowest BCUT2D eigenvalue weighted by atomic mass is 10.5. The van der Waals surface area contributed by atoms with Crippen LogP contribution in [0.1, 0.15) is 13.8 Å². The van der Waals surface area contributed by atoms with Gasteiger partial charge < -0.3 is 4.90 Å². The molecule has 3 N–H and O–H groups in total. The number of rotatable bonds is 6. The number of hydrogen-bond donors (Lipinski definition) is 2. The number of nitrogens with zero attached hydrogens (tertiary/aromatic N) is 5. The van der Waals surface area contributed by atoms with Gasteiger partial charge in [0.15, 0.2) is 0 Å². The van der Waals surface area contributed by atoms with E-state index in [0.717, 1.165) is 18.1 Å². The first-order valence-corrected chi connectivity index (χ1v) is 7.15. The number of hydrazine groups is 1. The molecule has 2 aromatic heterocycles. The highest BCUT2D eigenvalue weighted by atomic mass is 32.2. The Kier molecular flexibility index (Phi) is 5.08. The lowest BCUT2D eigenvalue weighted by Crippen LogP contribution is -2.25. The SMILES string of the molecule is CCN(CC)c1nc(NN)nc(Sc2ccccn2)n1. The van der Waals surface area contributed by atoms with Gasteiger partial charge in [0.2, 0.25) is 17.1 Å². The molecular weight excluding hydrogens is 274 g/mol. The first-order chi connectivity index (χ1) is 9.76. The van der Waals surface area contributed by atoms with Crippen LogP contribution in [0.3, 0.4) is 0 Å². The monoisotopic (exact) mass is 291 g/mol. The molecule has 0 unspecified atom stereocenters. The van der Waals surface area contributed by atoms with Gasteiger partial charge in [-0.3, -0.25) is 5.43 Å². The van der Waals surface area contributed by atoms with Gasteiger partial charge in [-0.1, -0.05) is 6.07 Å². The summed E-state index contributed by atoms with van der Waals surface area (Å²) in [5.74, 6) is 6.37. The standard InChI is InChI=1S/C12H17N7S/c1-3-19(4-2)11-15-10(18-13)16-12(17-11)20-9-7-5-6-8-14-9/h5-8H,3-4,13H2,1-2H3,(H,15,16,17,18). The van der Waals surface area contributed by atoms with Gasteiger partial charge in [0.25, 0.3) is 0 Å². The molecule has 0 aliphatic carbocycles. The van der Waals surface area contributed by atoms with Crippen LogP contribution in [0.4, 0.5) is 11.9 Å². The van der Waals surface area contributed by atoms with Crippen LogP contribution in [-0.2, 0) is 0 Å². The molecule has 0 fully saturated rings. The molecule has 0 saturated carbocycles. The van der Waals surface area contributed by atoms with E-state index < -0.39 is 0 Å². The summed E-state index contributed by atoms with van der Waals surface area (Å²) in [4.78, 5) is 19.2. The molecular formula is C12H17N7S. The summed E-state index contributed by atoms with van der Waals surface area (Å²) in [6.45, 7) is 5.74. The number of aromatic nitrogens is 4. The first kappa shape index (κ1) is 14.5. The third-order valence-electron chi connectivity index (χ3n) is 2.61. The van der Waals surface area contributed by atoms with Crippen LogP contribution in [0.5, 0.6) is 0 Å². The highest BCUT2D eigenvalue weighted by molar-refractivity contribution is 7.99. The fraction of sp³-hybridized carbons (Fsp3) is 0.333. The van der Waals surface area contributed by atoms with Gasteiger partial charge in [-0.05, 0) is 37.7 Å². The molecule has 0 saturated heterocycles. The fourth-order valence-corrected chi connectivity index (χ4v) is 2.31. The van der Waals surface area contributed by atoms with Gasteiger partial charge in [-0.15, -0.1) is 0 Å². The van der Waals surface area contributed by atoms with E-state index in [1.54, 1.807) is 6.20 Å². The quantitative estimate of drug-likeness (QED) is 0.611. The third kappa shape index (κ3) is 3.55. The molecule has 0 bridgehead atoms. The van der Waals surface area contributed by atoms with Crippen molar-refractivity contribution in [3.8, 4) is 0 Å². The van der Waals surface area contributed by atoms with E-state index in [4.69, 9.17) is 5.84 Å². The molecule has 0 amide bonds. The fourth-order valence-electron chi connectivity index (χ4n) is 1.60. The van der Waals surface area contributed by atoms with E-state index in [1.807, 2.05) is 23.1 Å². The zero-order chi connectivity index (χ0) is 14.4. The van der Waals surface area contributed by atoms with Crippen molar-refractivity contribution in [3.05, 3.63) is 24.4 Å². The second-order valence-corrected chi connectivity index (χ2v) is 4.82. The summed E-state index contributed by atoms with van der Waals surface area (Å²) in [5, 5.41) is 1.39. The smallest absolute Gasteiger partial charge is 0.242 e. The topological polar surface area (TPSA) is 92.9 Å². The minimum atomic E-state index is 0.348. The zero-order valence-corrected chi connectivity index (χ0v) is 12.3. The van der Waals surface area contributed by atoms with Crippen molar-refractivity contribution in [2.45, 2.75) is 24.0 Å². The molecule has 2 aromatic rings. The van der Waals surface area contributed by atoms with Crippen molar-refractivity contribution in [2.24, 2.45) is 5.84 Å². The maximum atomic E-state index is 5.42. The maximum Gasteiger partial charge on any atom is 0.242 e. The minimum absolute atomic E-state index is 0.348. The third-order valence-corrected chi connectivity index (χ3v) is 3.43. The van der Waals surface area contributed by atoms with Crippen LogP contribution in [-0.4, -0.2) is 33.0 Å². The van der Waals surface area contributed by atoms with Crippen LogP contribution < -0.4 is 16.2 Å². The number of nitrogens with one attached hydrogen (secondary N) is 1. The van der Waals surface area contributed by atoms with Crippen LogP contribution in [0.15, 0.2) is 34.6 Å². The first-order valence-electron chi connectivity index (χ1n) is 6.33. The van der Waals surface area contributed by atoms with Gasteiger partial charge >= 0.3 is 0 Å². The Morgan fingerprint density at radius 2 is 2.00 bits per heavy atom. The minimum Gasteiger partial charge on any atom is -0.341 e. The Labute approximate surface area is 122 Å². The van der Waals surface area contributed by atoms with Crippen molar-refractivity contribution in [1.29, 1.82) is 0 Å². The van der Waals surface area contributed by atoms with Gasteiger partial charge in [-0.25, -0.2) is 10.8 Å². The number of nitrogens with two attached hydrogens (primary N) is 1. The van der Waals surface area contributed by atoms with E-state index in [0.29, 0.717) is 17.1 Å². The molecule has 0 radical (unpaired) electrons. The molecule has 0 atom stereocenters. The molecule has 2 heterocycles. The van der Waals surface area contributed by atoms with Crippen molar-refractivity contribution < 1.29 is 0 Å². The van der Waals surface area contributed by atoms with Crippen molar-refractivity contribution >= 4 is 23.7 Å². The van der Waals surface area contributed by atoms with Crippen molar-refractivity contribution in [2.75, 3.05) is 23.4 Å². The summed E-state index contributed by atoms with van der Waals surface area (Å²) < 4.78 is 0. The Morgan fingerprint density at radius 1 is 1.20 bits per heavy atom. The predicted octanol–water partition coefficient (Wildman–Crippen LogP) is 1.55. The van der Waals surface area contributed by atoms with Gasteiger partial charge in [0, 0.05) is 19.3 Å². The molecule has 0 aliphatic rings. The highest BCUT2D eigenvalue weighted by Gasteiger charge is 2.11. The van der Waals surface area contributed by atoms with E-state index in [1.165, 1.54) is 11.8 Å². The maximum absolute atomic E-state index is 5.42. The Bertz CT molecular complexity index is 545. The van der Waals surface area contributed by atoms with E-state index in [2.05, 4.69) is 39.2 Å². The Balaban J connectivity index is 2.30. The molecule has 0 spiro atoms. The largest absolute Gasteiger partial charge is 0.341 e. The molecule has 8 heteroatoms. The molecule has 20 heavy (non-hydrogen) atoms. The van der Waals surface area contributed by atoms with Gasteiger partial charge in [0.05, 0.1) is 0 Å². The number of hydrogen-bond acceptors (Lipinski definition) is 8. The molecule has 0 aliphatic heterocycles. The number of nitrogen functional groups attached to an aromatic ring is 1. The summed E-state index contributed by atoms with van der Waals surface area (Å²) >= 11 is 1.37. The number of pyridine rings is 1. The average molecular weight is 291 g/mol. The molecule has 2 rings (SSSR count). The average Bonchev–Trinajstić information content (AvgIpc) is 2.49. The lowest BCUT2D eigenvalue weighted by Gasteiger charge is -2.19. The summed E-state index contributed by atoms with van der Waals surface area (Å²) in [5.41, 5.74) is 2.47. The second kappa shape index (κ2) is 7.01. The molecule has 106 valence electrons. The molecule has 7 nitrogen and oxygen atoms in total. The van der Waals surface area contributed by atoms with Crippen molar-refractivity contribution in [1.82, 2.24) is 19.9 Å². The van der Waals surface area contributed by atoms with E-state index in [-0.39, 0.29) is 0 Å². The van der Waals surface area contributed by atoms with Crippen LogP contribution in [0.25, 0.3) is 0 Å². The zero-order valence-electron chi connectivity index (χ0n) is 11.4. The van der Waals surface area contributed by atoms with Gasteiger partial charge in [0.1, 0.15) is 5.03 Å². The normalized spacial score (nSPS) is 10.3. The highest BCUT2D eigenvalue weighted by Crippen LogP contribution is 2.24. The van der Waals surface area contributed by atoms with Crippen molar-refractivity contribution in [3.63, 3.8) is 0 Å². The summed E-state index contributed by atoms with van der Waals surface area (Å²) in [6.07, 6.45) is 1.73. The predicted molar refractivity (Wildman–Crippen MR) is 79.6 cm³/mol. The Hall–Kier alpha value is -1.93. The summed E-state index contributed by atoms with van der Waals surface area (Å²) in [6, 6.07) is 5.69. The second-order valence-electron chi connectivity index (χ2n) is 3.83. The lowest BCUT2D eigenvalue weighted by molar-refractivity contribution is 0.783. The van der Waals surface area contributed by atoms with Crippen LogP contribution >= 0.6 is 11.8 Å². The Morgan fingerprint density at radius 3 is 2.60 bits per heavy atom.